The van der Waals surface area contributed by atoms with Crippen molar-refractivity contribution in [3.63, 3.8) is 0 Å². The number of likely N-dealkylation sites (tertiary alicyclic amines) is 1. The highest BCUT2D eigenvalue weighted by molar-refractivity contribution is 4.91. The Hall–Kier alpha value is -0.120. The number of rotatable bonds is 3. The zero-order valence-corrected chi connectivity index (χ0v) is 11.2. The lowest BCUT2D eigenvalue weighted by molar-refractivity contribution is -0.0210. The fraction of sp³-hybridized carbons (Fsp3) is 1.00. The first kappa shape index (κ1) is 13.3. The van der Waals surface area contributed by atoms with Crippen LogP contribution < -0.4 is 0 Å². The summed E-state index contributed by atoms with van der Waals surface area (Å²) in [5.74, 6) is 0.442. The molecule has 1 heterocycles. The van der Waals surface area contributed by atoms with Crippen LogP contribution in [-0.4, -0.2) is 45.9 Å². The standard InChI is InChI=1S/C14H27NO2/c1-14(2,17)10-15-9-4-3-7-12(15)11-6-5-8-13(11)16/h11-13,16-17H,3-10H2,1-2H3. The summed E-state index contributed by atoms with van der Waals surface area (Å²) in [5.41, 5.74) is -0.626. The van der Waals surface area contributed by atoms with Crippen LogP contribution in [0, 0.1) is 5.92 Å². The quantitative estimate of drug-likeness (QED) is 0.791. The highest BCUT2D eigenvalue weighted by Crippen LogP contribution is 2.35. The van der Waals surface area contributed by atoms with Gasteiger partial charge in [-0.05, 0) is 46.1 Å². The molecule has 100 valence electrons. The predicted molar refractivity (Wildman–Crippen MR) is 68.9 cm³/mol. The van der Waals surface area contributed by atoms with Gasteiger partial charge in [0.25, 0.3) is 0 Å². The number of aliphatic hydroxyl groups is 2. The van der Waals surface area contributed by atoms with E-state index in [2.05, 4.69) is 4.90 Å². The Morgan fingerprint density at radius 3 is 2.47 bits per heavy atom. The van der Waals surface area contributed by atoms with Gasteiger partial charge in [-0.2, -0.15) is 0 Å². The first-order chi connectivity index (χ1) is 7.97. The lowest BCUT2D eigenvalue weighted by atomic mass is 9.87. The molecule has 3 atom stereocenters. The van der Waals surface area contributed by atoms with E-state index in [-0.39, 0.29) is 6.10 Å². The third-order valence-electron chi connectivity index (χ3n) is 4.28. The Morgan fingerprint density at radius 2 is 1.88 bits per heavy atom. The van der Waals surface area contributed by atoms with Gasteiger partial charge in [0, 0.05) is 18.5 Å². The molecule has 17 heavy (non-hydrogen) atoms. The van der Waals surface area contributed by atoms with Crippen molar-refractivity contribution in [2.24, 2.45) is 5.92 Å². The number of nitrogens with zero attached hydrogens (tertiary/aromatic N) is 1. The summed E-state index contributed by atoms with van der Waals surface area (Å²) in [6.07, 6.45) is 6.89. The van der Waals surface area contributed by atoms with Crippen molar-refractivity contribution in [2.75, 3.05) is 13.1 Å². The van der Waals surface area contributed by atoms with Crippen LogP contribution in [0.15, 0.2) is 0 Å². The molecule has 3 unspecified atom stereocenters. The number of piperidine rings is 1. The second-order valence-corrected chi connectivity index (χ2v) is 6.51. The molecule has 2 N–H and O–H groups in total. The van der Waals surface area contributed by atoms with E-state index in [9.17, 15) is 10.2 Å². The summed E-state index contributed by atoms with van der Waals surface area (Å²) < 4.78 is 0. The maximum atomic E-state index is 10.1. The van der Waals surface area contributed by atoms with E-state index >= 15 is 0 Å². The van der Waals surface area contributed by atoms with Crippen LogP contribution in [0.4, 0.5) is 0 Å². The molecule has 0 aromatic rings. The summed E-state index contributed by atoms with van der Waals surface area (Å²) in [4.78, 5) is 2.42. The predicted octanol–water partition coefficient (Wildman–Crippen LogP) is 1.77. The van der Waals surface area contributed by atoms with Crippen molar-refractivity contribution in [1.82, 2.24) is 4.90 Å². The first-order valence-electron chi connectivity index (χ1n) is 7.12. The normalized spacial score (nSPS) is 36.4. The lowest BCUT2D eigenvalue weighted by Gasteiger charge is -2.42. The van der Waals surface area contributed by atoms with Crippen molar-refractivity contribution >= 4 is 0 Å². The van der Waals surface area contributed by atoms with E-state index in [0.29, 0.717) is 12.0 Å². The maximum Gasteiger partial charge on any atom is 0.0718 e. The van der Waals surface area contributed by atoms with E-state index in [1.54, 1.807) is 0 Å². The van der Waals surface area contributed by atoms with Crippen molar-refractivity contribution in [2.45, 2.75) is 70.1 Å². The van der Waals surface area contributed by atoms with Crippen LogP contribution in [0.2, 0.25) is 0 Å². The number of β-amino-alcohol motifs (C(OH)–C–C–N with tert-alkyl or cyclic N) is 1. The van der Waals surface area contributed by atoms with E-state index in [1.165, 1.54) is 25.7 Å². The van der Waals surface area contributed by atoms with E-state index < -0.39 is 5.60 Å². The summed E-state index contributed by atoms with van der Waals surface area (Å²) in [5, 5.41) is 20.1. The molecule has 3 heteroatoms. The molecule has 3 nitrogen and oxygen atoms in total. The Labute approximate surface area is 105 Å². The Morgan fingerprint density at radius 1 is 1.12 bits per heavy atom. The van der Waals surface area contributed by atoms with Crippen LogP contribution in [0.25, 0.3) is 0 Å². The smallest absolute Gasteiger partial charge is 0.0718 e. The minimum atomic E-state index is -0.626. The summed E-state index contributed by atoms with van der Waals surface area (Å²) in [6.45, 7) is 5.58. The Bertz CT molecular complexity index is 249. The van der Waals surface area contributed by atoms with Crippen LogP contribution in [0.1, 0.15) is 52.4 Å². The lowest BCUT2D eigenvalue weighted by Crippen LogP contribution is -2.51. The maximum absolute atomic E-state index is 10.1. The van der Waals surface area contributed by atoms with Crippen LogP contribution in [0.5, 0.6) is 0 Å². The number of aliphatic hydroxyl groups excluding tert-OH is 1. The molecule has 2 aliphatic rings. The van der Waals surface area contributed by atoms with Gasteiger partial charge in [-0.25, -0.2) is 0 Å². The van der Waals surface area contributed by atoms with E-state index in [1.807, 2.05) is 13.8 Å². The first-order valence-corrected chi connectivity index (χ1v) is 7.12. The number of hydrogen-bond acceptors (Lipinski definition) is 3. The molecule has 0 radical (unpaired) electrons. The average molecular weight is 241 g/mol. The Balaban J connectivity index is 2.01. The minimum absolute atomic E-state index is 0.109. The molecule has 0 aromatic heterocycles. The van der Waals surface area contributed by atoms with Crippen molar-refractivity contribution in [1.29, 1.82) is 0 Å². The molecule has 0 spiro atoms. The van der Waals surface area contributed by atoms with Crippen LogP contribution in [0.3, 0.4) is 0 Å². The average Bonchev–Trinajstić information content (AvgIpc) is 2.63. The zero-order valence-electron chi connectivity index (χ0n) is 11.2. The van der Waals surface area contributed by atoms with E-state index in [4.69, 9.17) is 0 Å². The second kappa shape index (κ2) is 5.25. The number of hydrogen-bond donors (Lipinski definition) is 2. The third kappa shape index (κ3) is 3.43. The fourth-order valence-corrected chi connectivity index (χ4v) is 3.61. The van der Waals surface area contributed by atoms with Gasteiger partial charge >= 0.3 is 0 Å². The monoisotopic (exact) mass is 241 g/mol. The van der Waals surface area contributed by atoms with Gasteiger partial charge in [0.2, 0.25) is 0 Å². The topological polar surface area (TPSA) is 43.7 Å². The molecule has 2 rings (SSSR count). The molecule has 0 aromatic carbocycles. The molecule has 1 saturated heterocycles. The fourth-order valence-electron chi connectivity index (χ4n) is 3.61. The van der Waals surface area contributed by atoms with Gasteiger partial charge in [0.1, 0.15) is 0 Å². The van der Waals surface area contributed by atoms with Gasteiger partial charge in [-0.15, -0.1) is 0 Å². The van der Waals surface area contributed by atoms with Crippen LogP contribution >= 0.6 is 0 Å². The molecular formula is C14H27NO2. The molecule has 0 bridgehead atoms. The minimum Gasteiger partial charge on any atom is -0.393 e. The summed E-state index contributed by atoms with van der Waals surface area (Å²) in [7, 11) is 0. The summed E-state index contributed by atoms with van der Waals surface area (Å²) >= 11 is 0. The van der Waals surface area contributed by atoms with Gasteiger partial charge in [-0.3, -0.25) is 4.90 Å². The second-order valence-electron chi connectivity index (χ2n) is 6.51. The van der Waals surface area contributed by atoms with Crippen molar-refractivity contribution in [3.05, 3.63) is 0 Å². The van der Waals surface area contributed by atoms with E-state index in [0.717, 1.165) is 25.9 Å². The largest absolute Gasteiger partial charge is 0.393 e. The van der Waals surface area contributed by atoms with Crippen molar-refractivity contribution in [3.8, 4) is 0 Å². The summed E-state index contributed by atoms with van der Waals surface area (Å²) in [6, 6.07) is 0.493. The van der Waals surface area contributed by atoms with Gasteiger partial charge in [0.15, 0.2) is 0 Å². The Kier molecular flexibility index (Phi) is 4.11. The molecule has 0 amide bonds. The third-order valence-corrected chi connectivity index (χ3v) is 4.28. The zero-order chi connectivity index (χ0) is 12.5. The highest BCUT2D eigenvalue weighted by atomic mass is 16.3. The molecule has 1 saturated carbocycles. The van der Waals surface area contributed by atoms with Crippen LogP contribution in [-0.2, 0) is 0 Å². The SMILES string of the molecule is CC(C)(O)CN1CCCCC1C1CCCC1O. The van der Waals surface area contributed by atoms with Gasteiger partial charge < -0.3 is 10.2 Å². The van der Waals surface area contributed by atoms with Gasteiger partial charge in [-0.1, -0.05) is 12.8 Å². The molecule has 1 aliphatic carbocycles. The van der Waals surface area contributed by atoms with Crippen molar-refractivity contribution < 1.29 is 10.2 Å². The van der Waals surface area contributed by atoms with Gasteiger partial charge in [0.05, 0.1) is 11.7 Å². The molecule has 2 fully saturated rings. The molecular weight excluding hydrogens is 214 g/mol. The highest BCUT2D eigenvalue weighted by Gasteiger charge is 2.38. The molecule has 1 aliphatic heterocycles.